The number of alkyl halides is 2. The van der Waals surface area contributed by atoms with E-state index in [0.717, 1.165) is 33.6 Å². The third-order valence-corrected chi connectivity index (χ3v) is 5.68. The molecule has 1 aromatic carbocycles. The van der Waals surface area contributed by atoms with Gasteiger partial charge in [-0.2, -0.15) is 5.10 Å². The Labute approximate surface area is 160 Å². The first-order valence-electron chi connectivity index (χ1n) is 9.39. The van der Waals surface area contributed by atoms with E-state index in [1.54, 1.807) is 16.9 Å². The highest BCUT2D eigenvalue weighted by Gasteiger charge is 2.36. The van der Waals surface area contributed by atoms with Gasteiger partial charge < -0.3 is 4.90 Å². The second kappa shape index (κ2) is 6.25. The summed E-state index contributed by atoms with van der Waals surface area (Å²) in [6.07, 6.45) is 4.39. The Morgan fingerprint density at radius 1 is 1.14 bits per heavy atom. The molecule has 1 aliphatic rings. The summed E-state index contributed by atoms with van der Waals surface area (Å²) in [6.45, 7) is 0. The van der Waals surface area contributed by atoms with Crippen molar-refractivity contribution >= 4 is 22.4 Å². The van der Waals surface area contributed by atoms with Crippen molar-refractivity contribution in [2.45, 2.75) is 37.6 Å². The summed E-state index contributed by atoms with van der Waals surface area (Å²) in [5.74, 6) is -1.78. The van der Waals surface area contributed by atoms with Gasteiger partial charge >= 0.3 is 0 Å². The Hall–Kier alpha value is -3.03. The third kappa shape index (κ3) is 2.89. The number of nitrogens with zero attached hydrogens (tertiary/aromatic N) is 5. The molecule has 0 amide bonds. The average molecular weight is 382 g/mol. The molecule has 0 aliphatic heterocycles. The number of aromatic amines is 1. The van der Waals surface area contributed by atoms with Gasteiger partial charge in [0.15, 0.2) is 5.65 Å². The number of aromatic nitrogens is 5. The first-order valence-corrected chi connectivity index (χ1v) is 9.39. The number of nitrogens with one attached hydrogen (secondary N) is 1. The van der Waals surface area contributed by atoms with Gasteiger partial charge in [-0.25, -0.2) is 18.3 Å². The lowest BCUT2D eigenvalue weighted by Gasteiger charge is -2.35. The van der Waals surface area contributed by atoms with Crippen LogP contribution in [0.5, 0.6) is 0 Å². The monoisotopic (exact) mass is 382 g/mol. The number of imidazole rings is 1. The number of rotatable bonds is 3. The predicted molar refractivity (Wildman–Crippen MR) is 104 cm³/mol. The van der Waals surface area contributed by atoms with E-state index >= 15 is 0 Å². The van der Waals surface area contributed by atoms with E-state index in [1.165, 1.54) is 0 Å². The minimum absolute atomic E-state index is 0.0647. The summed E-state index contributed by atoms with van der Waals surface area (Å²) in [5.41, 5.74) is 3.54. The largest absolute Gasteiger partial charge is 0.355 e. The minimum Gasteiger partial charge on any atom is -0.355 e. The van der Waals surface area contributed by atoms with Gasteiger partial charge in [-0.15, -0.1) is 5.10 Å². The highest BCUT2D eigenvalue weighted by atomic mass is 19.3. The summed E-state index contributed by atoms with van der Waals surface area (Å²) in [5, 5.41) is 12.8. The summed E-state index contributed by atoms with van der Waals surface area (Å²) in [4.78, 5) is 6.46. The molecule has 0 bridgehead atoms. The molecule has 1 saturated carbocycles. The maximum atomic E-state index is 13.5. The highest BCUT2D eigenvalue weighted by Crippen LogP contribution is 2.35. The molecule has 8 heteroatoms. The topological polar surface area (TPSA) is 62.1 Å². The fourth-order valence-corrected chi connectivity index (χ4v) is 3.94. The van der Waals surface area contributed by atoms with Crippen LogP contribution in [0.15, 0.2) is 42.7 Å². The number of hydrogen-bond acceptors (Lipinski definition) is 4. The van der Waals surface area contributed by atoms with Crippen LogP contribution in [-0.4, -0.2) is 43.8 Å². The molecule has 5 rings (SSSR count). The molecule has 4 aromatic rings. The van der Waals surface area contributed by atoms with E-state index in [9.17, 15) is 8.78 Å². The van der Waals surface area contributed by atoms with Crippen LogP contribution in [-0.2, 0) is 0 Å². The van der Waals surface area contributed by atoms with E-state index in [0.29, 0.717) is 12.8 Å². The zero-order chi connectivity index (χ0) is 19.3. The number of hydrogen-bond donors (Lipinski definition) is 1. The Bertz CT molecular complexity index is 1140. The van der Waals surface area contributed by atoms with Crippen LogP contribution in [0.1, 0.15) is 25.7 Å². The first-order chi connectivity index (χ1) is 13.5. The van der Waals surface area contributed by atoms with Crippen molar-refractivity contribution in [2.75, 3.05) is 11.9 Å². The zero-order valence-corrected chi connectivity index (χ0v) is 15.4. The normalized spacial score (nSPS) is 17.4. The van der Waals surface area contributed by atoms with E-state index in [4.69, 9.17) is 5.10 Å². The lowest BCUT2D eigenvalue weighted by atomic mass is 9.91. The van der Waals surface area contributed by atoms with Crippen molar-refractivity contribution in [1.29, 1.82) is 0 Å². The molecule has 28 heavy (non-hydrogen) atoms. The molecule has 0 unspecified atom stereocenters. The van der Waals surface area contributed by atoms with Crippen molar-refractivity contribution in [2.24, 2.45) is 0 Å². The minimum atomic E-state index is -2.53. The van der Waals surface area contributed by atoms with Gasteiger partial charge in [-0.1, -0.05) is 12.1 Å². The zero-order valence-electron chi connectivity index (χ0n) is 15.4. The predicted octanol–water partition coefficient (Wildman–Crippen LogP) is 4.29. The third-order valence-electron chi connectivity index (χ3n) is 5.68. The van der Waals surface area contributed by atoms with Crippen molar-refractivity contribution in [3.63, 3.8) is 0 Å². The van der Waals surface area contributed by atoms with E-state index in [2.05, 4.69) is 15.2 Å². The van der Waals surface area contributed by atoms with Gasteiger partial charge in [0.05, 0.1) is 23.6 Å². The fraction of sp³-hybridized carbons (Fsp3) is 0.350. The molecule has 1 aliphatic carbocycles. The van der Waals surface area contributed by atoms with Crippen LogP contribution in [0.4, 0.5) is 14.6 Å². The number of halogens is 2. The van der Waals surface area contributed by atoms with Crippen LogP contribution in [0.2, 0.25) is 0 Å². The van der Waals surface area contributed by atoms with Gasteiger partial charge in [-0.05, 0) is 31.0 Å². The van der Waals surface area contributed by atoms with Gasteiger partial charge in [0.2, 0.25) is 5.92 Å². The Morgan fingerprint density at radius 3 is 2.79 bits per heavy atom. The maximum Gasteiger partial charge on any atom is 0.248 e. The van der Waals surface area contributed by atoms with Crippen molar-refractivity contribution in [3.8, 4) is 11.3 Å². The molecular weight excluding hydrogens is 362 g/mol. The summed E-state index contributed by atoms with van der Waals surface area (Å²) < 4.78 is 28.8. The molecule has 0 saturated heterocycles. The Balaban J connectivity index is 1.49. The molecule has 6 nitrogen and oxygen atoms in total. The Morgan fingerprint density at radius 2 is 1.96 bits per heavy atom. The number of anilines is 1. The quantitative estimate of drug-likeness (QED) is 0.574. The molecule has 144 valence electrons. The van der Waals surface area contributed by atoms with Crippen molar-refractivity contribution in [3.05, 3.63) is 42.7 Å². The molecule has 0 radical (unpaired) electrons. The molecule has 1 N–H and O–H groups in total. The standard InChI is InChI=1S/C20H20F2N6/c1-27(15-6-8-20(21,22)9-7-15)19-5-4-18-23-12-17(28(18)26-19)13-2-3-14-11-24-25-16(14)10-13/h2-5,10-12,15H,6-9H2,1H3,(H,24,25). The number of benzene rings is 1. The lowest BCUT2D eigenvalue weighted by molar-refractivity contribution is -0.0378. The Kier molecular flexibility index (Phi) is 3.82. The molecule has 1 fully saturated rings. The van der Waals surface area contributed by atoms with Gasteiger partial charge in [0.1, 0.15) is 5.82 Å². The molecule has 0 spiro atoms. The van der Waals surface area contributed by atoms with Crippen LogP contribution >= 0.6 is 0 Å². The van der Waals surface area contributed by atoms with Gasteiger partial charge in [0.25, 0.3) is 0 Å². The molecule has 0 atom stereocenters. The van der Waals surface area contributed by atoms with Crippen molar-refractivity contribution in [1.82, 2.24) is 24.8 Å². The second-order valence-corrected chi connectivity index (χ2v) is 7.48. The lowest BCUT2D eigenvalue weighted by Crippen LogP contribution is -2.39. The van der Waals surface area contributed by atoms with E-state index < -0.39 is 5.92 Å². The first kappa shape index (κ1) is 17.1. The number of fused-ring (bicyclic) bond motifs is 2. The van der Waals surface area contributed by atoms with E-state index in [1.807, 2.05) is 42.3 Å². The van der Waals surface area contributed by atoms with Crippen molar-refractivity contribution < 1.29 is 8.78 Å². The smallest absolute Gasteiger partial charge is 0.248 e. The average Bonchev–Trinajstić information content (AvgIpc) is 3.33. The second-order valence-electron chi connectivity index (χ2n) is 7.48. The fourth-order valence-electron chi connectivity index (χ4n) is 3.94. The summed E-state index contributed by atoms with van der Waals surface area (Å²) in [6, 6.07) is 9.92. The highest BCUT2D eigenvalue weighted by molar-refractivity contribution is 5.83. The van der Waals surface area contributed by atoms with Crippen LogP contribution in [0.25, 0.3) is 27.8 Å². The van der Waals surface area contributed by atoms with Crippen LogP contribution < -0.4 is 4.90 Å². The summed E-state index contributed by atoms with van der Waals surface area (Å²) >= 11 is 0. The maximum absolute atomic E-state index is 13.5. The SMILES string of the molecule is CN(c1ccc2ncc(-c3ccc4cn[nH]c4c3)n2n1)C1CCC(F)(F)CC1. The molecule has 3 aromatic heterocycles. The van der Waals surface area contributed by atoms with Gasteiger partial charge in [-0.3, -0.25) is 5.10 Å². The molecule has 3 heterocycles. The summed E-state index contributed by atoms with van der Waals surface area (Å²) in [7, 11) is 1.93. The molecular formula is C20H20F2N6. The van der Waals surface area contributed by atoms with Crippen LogP contribution in [0.3, 0.4) is 0 Å². The van der Waals surface area contributed by atoms with Gasteiger partial charge in [0, 0.05) is 36.9 Å². The number of H-pyrrole nitrogens is 1. The van der Waals surface area contributed by atoms with E-state index in [-0.39, 0.29) is 18.9 Å². The van der Waals surface area contributed by atoms with Crippen LogP contribution in [0, 0.1) is 0 Å².